The molecule has 1 aromatic carbocycles. The van der Waals surface area contributed by atoms with Gasteiger partial charge in [-0.25, -0.2) is 4.98 Å². The van der Waals surface area contributed by atoms with Gasteiger partial charge in [0.1, 0.15) is 5.82 Å². The fourth-order valence-electron chi connectivity index (χ4n) is 3.32. The Morgan fingerprint density at radius 2 is 1.90 bits per heavy atom. The number of imidazole rings is 1. The van der Waals surface area contributed by atoms with Crippen LogP contribution in [0.1, 0.15) is 50.4 Å². The molecule has 1 saturated carbocycles. The average Bonchev–Trinajstić information content (AvgIpc) is 2.63. The lowest BCUT2D eigenvalue weighted by atomic mass is 10.1. The van der Waals surface area contributed by atoms with Crippen LogP contribution in [-0.2, 0) is 6.42 Å². The van der Waals surface area contributed by atoms with Crippen molar-refractivity contribution in [2.75, 3.05) is 5.88 Å². The van der Waals surface area contributed by atoms with Crippen LogP contribution < -0.4 is 0 Å². The van der Waals surface area contributed by atoms with Gasteiger partial charge in [0.25, 0.3) is 0 Å². The van der Waals surface area contributed by atoms with Gasteiger partial charge in [0.2, 0.25) is 0 Å². The van der Waals surface area contributed by atoms with Crippen LogP contribution in [0.3, 0.4) is 0 Å². The normalized spacial score (nSPS) is 17.5. The molecule has 2 aromatic rings. The van der Waals surface area contributed by atoms with Gasteiger partial charge in [-0.15, -0.1) is 11.6 Å². The number of rotatable bonds is 3. The maximum Gasteiger partial charge on any atom is 0.111 e. The van der Waals surface area contributed by atoms with Crippen LogP contribution in [0.2, 0.25) is 5.02 Å². The van der Waals surface area contributed by atoms with Gasteiger partial charge in [0.05, 0.1) is 16.1 Å². The minimum Gasteiger partial charge on any atom is -0.324 e. The van der Waals surface area contributed by atoms with E-state index in [2.05, 4.69) is 4.57 Å². The largest absolute Gasteiger partial charge is 0.324 e. The molecule has 1 heterocycles. The second-order valence-electron chi connectivity index (χ2n) is 5.59. The summed E-state index contributed by atoms with van der Waals surface area (Å²) in [6.45, 7) is 0. The first-order chi connectivity index (χ1) is 9.81. The highest BCUT2D eigenvalue weighted by atomic mass is 35.5. The van der Waals surface area contributed by atoms with E-state index in [1.807, 2.05) is 18.2 Å². The number of nitrogens with zero attached hydrogens (tertiary/aromatic N) is 2. The highest BCUT2D eigenvalue weighted by Gasteiger charge is 2.21. The second-order valence-corrected chi connectivity index (χ2v) is 6.38. The van der Waals surface area contributed by atoms with E-state index in [1.165, 1.54) is 38.5 Å². The molecule has 1 aliphatic carbocycles. The van der Waals surface area contributed by atoms with Gasteiger partial charge in [-0.05, 0) is 25.0 Å². The van der Waals surface area contributed by atoms with E-state index in [9.17, 15) is 0 Å². The van der Waals surface area contributed by atoms with E-state index in [1.54, 1.807) is 0 Å². The molecule has 0 radical (unpaired) electrons. The zero-order valence-corrected chi connectivity index (χ0v) is 13.1. The quantitative estimate of drug-likeness (QED) is 0.550. The SMILES string of the molecule is ClCCc1nc2cccc(Cl)c2n1C1CCCCCC1. The second kappa shape index (κ2) is 6.36. The molecular formula is C16H20Cl2N2. The van der Waals surface area contributed by atoms with Crippen LogP contribution in [-0.4, -0.2) is 15.4 Å². The molecule has 0 aliphatic heterocycles. The summed E-state index contributed by atoms with van der Waals surface area (Å²) >= 11 is 12.4. The van der Waals surface area contributed by atoms with Gasteiger partial charge < -0.3 is 4.57 Å². The summed E-state index contributed by atoms with van der Waals surface area (Å²) < 4.78 is 2.38. The lowest BCUT2D eigenvalue weighted by Crippen LogP contribution is -2.12. The Morgan fingerprint density at radius 3 is 2.60 bits per heavy atom. The predicted octanol–water partition coefficient (Wildman–Crippen LogP) is 5.37. The molecule has 0 saturated heterocycles. The Labute approximate surface area is 130 Å². The van der Waals surface area contributed by atoms with E-state index in [0.717, 1.165) is 28.3 Å². The number of halogens is 2. The Balaban J connectivity index is 2.11. The summed E-state index contributed by atoms with van der Waals surface area (Å²) in [7, 11) is 0. The molecule has 2 nitrogen and oxygen atoms in total. The number of benzene rings is 1. The number of hydrogen-bond donors (Lipinski definition) is 0. The van der Waals surface area contributed by atoms with E-state index in [0.29, 0.717) is 11.9 Å². The maximum absolute atomic E-state index is 6.44. The minimum absolute atomic E-state index is 0.528. The number of alkyl halides is 1. The molecule has 0 amide bonds. The van der Waals surface area contributed by atoms with Crippen LogP contribution >= 0.6 is 23.2 Å². The van der Waals surface area contributed by atoms with Crippen molar-refractivity contribution in [1.82, 2.24) is 9.55 Å². The van der Waals surface area contributed by atoms with E-state index >= 15 is 0 Å². The molecule has 20 heavy (non-hydrogen) atoms. The van der Waals surface area contributed by atoms with Gasteiger partial charge in [-0.2, -0.15) is 0 Å². The molecule has 0 bridgehead atoms. The fourth-order valence-corrected chi connectivity index (χ4v) is 3.75. The average molecular weight is 311 g/mol. The van der Waals surface area contributed by atoms with Gasteiger partial charge in [-0.3, -0.25) is 0 Å². The van der Waals surface area contributed by atoms with Gasteiger partial charge >= 0.3 is 0 Å². The van der Waals surface area contributed by atoms with Crippen molar-refractivity contribution < 1.29 is 0 Å². The maximum atomic E-state index is 6.44. The van der Waals surface area contributed by atoms with Crippen molar-refractivity contribution >= 4 is 34.2 Å². The summed E-state index contributed by atoms with van der Waals surface area (Å²) in [5.41, 5.74) is 2.10. The summed E-state index contributed by atoms with van der Waals surface area (Å²) in [6.07, 6.45) is 8.56. The first-order valence-corrected chi connectivity index (χ1v) is 8.44. The van der Waals surface area contributed by atoms with Crippen molar-refractivity contribution in [3.05, 3.63) is 29.0 Å². The molecular weight excluding hydrogens is 291 g/mol. The van der Waals surface area contributed by atoms with Crippen molar-refractivity contribution in [2.45, 2.75) is 51.0 Å². The zero-order chi connectivity index (χ0) is 13.9. The van der Waals surface area contributed by atoms with Gasteiger partial charge in [0, 0.05) is 18.3 Å². The first-order valence-electron chi connectivity index (χ1n) is 7.52. The third-order valence-corrected chi connectivity index (χ3v) is 4.74. The topological polar surface area (TPSA) is 17.8 Å². The molecule has 108 valence electrons. The lowest BCUT2D eigenvalue weighted by Gasteiger charge is -2.20. The van der Waals surface area contributed by atoms with Crippen LogP contribution in [0.4, 0.5) is 0 Å². The van der Waals surface area contributed by atoms with Crippen LogP contribution in [0, 0.1) is 0 Å². The number of fused-ring (bicyclic) bond motifs is 1. The third-order valence-electron chi connectivity index (χ3n) is 4.24. The highest BCUT2D eigenvalue weighted by molar-refractivity contribution is 6.35. The molecule has 4 heteroatoms. The molecule has 0 spiro atoms. The fraction of sp³-hybridized carbons (Fsp3) is 0.562. The Morgan fingerprint density at radius 1 is 1.15 bits per heavy atom. The van der Waals surface area contributed by atoms with Crippen molar-refractivity contribution in [2.24, 2.45) is 0 Å². The minimum atomic E-state index is 0.528. The van der Waals surface area contributed by atoms with Crippen molar-refractivity contribution in [3.8, 4) is 0 Å². The zero-order valence-electron chi connectivity index (χ0n) is 11.6. The number of para-hydroxylation sites is 1. The van der Waals surface area contributed by atoms with Crippen LogP contribution in [0.15, 0.2) is 18.2 Å². The number of hydrogen-bond acceptors (Lipinski definition) is 1. The monoisotopic (exact) mass is 310 g/mol. The molecule has 3 rings (SSSR count). The Hall–Kier alpha value is -0.730. The van der Waals surface area contributed by atoms with Gasteiger partial charge in [-0.1, -0.05) is 43.4 Å². The first kappa shape index (κ1) is 14.2. The molecule has 1 fully saturated rings. The molecule has 0 N–H and O–H groups in total. The Kier molecular flexibility index (Phi) is 4.52. The van der Waals surface area contributed by atoms with Gasteiger partial charge in [0.15, 0.2) is 0 Å². The summed E-state index contributed by atoms with van der Waals surface area (Å²) in [5, 5.41) is 0.806. The van der Waals surface area contributed by atoms with E-state index in [4.69, 9.17) is 28.2 Å². The molecule has 1 aliphatic rings. The van der Waals surface area contributed by atoms with Crippen LogP contribution in [0.25, 0.3) is 11.0 Å². The van der Waals surface area contributed by atoms with Crippen molar-refractivity contribution in [1.29, 1.82) is 0 Å². The molecule has 1 aromatic heterocycles. The summed E-state index contributed by atoms with van der Waals surface area (Å²) in [6, 6.07) is 6.51. The van der Waals surface area contributed by atoms with E-state index < -0.39 is 0 Å². The number of aromatic nitrogens is 2. The van der Waals surface area contributed by atoms with E-state index in [-0.39, 0.29) is 0 Å². The summed E-state index contributed by atoms with van der Waals surface area (Å²) in [5.74, 6) is 1.70. The van der Waals surface area contributed by atoms with Crippen LogP contribution in [0.5, 0.6) is 0 Å². The number of aryl methyl sites for hydroxylation is 1. The standard InChI is InChI=1S/C16H20Cl2N2/c17-11-10-15-19-14-9-5-8-13(18)16(14)20(15)12-6-3-1-2-4-7-12/h5,8-9,12H,1-4,6-7,10-11H2. The summed E-state index contributed by atoms with van der Waals surface area (Å²) in [4.78, 5) is 4.76. The predicted molar refractivity (Wildman–Crippen MR) is 85.9 cm³/mol. The highest BCUT2D eigenvalue weighted by Crippen LogP contribution is 2.34. The third kappa shape index (κ3) is 2.68. The lowest BCUT2D eigenvalue weighted by molar-refractivity contribution is 0.441. The smallest absolute Gasteiger partial charge is 0.111 e. The Bertz CT molecular complexity index is 583. The molecule has 0 unspecified atom stereocenters. The van der Waals surface area contributed by atoms with Crippen molar-refractivity contribution in [3.63, 3.8) is 0 Å². The molecule has 0 atom stereocenters.